The Morgan fingerprint density at radius 3 is 2.56 bits per heavy atom. The third kappa shape index (κ3) is 5.33. The third-order valence-corrected chi connectivity index (χ3v) is 6.57. The normalized spacial score (nSPS) is 14.4. The van der Waals surface area contributed by atoms with E-state index in [1.54, 1.807) is 55.7 Å². The van der Waals surface area contributed by atoms with E-state index in [1.165, 1.54) is 0 Å². The first-order valence-corrected chi connectivity index (χ1v) is 11.9. The molecule has 0 spiro atoms. The maximum Gasteiger partial charge on any atom is 0.293 e. The lowest BCUT2D eigenvalue weighted by atomic mass is 10.1. The molecule has 1 heterocycles. The van der Waals surface area contributed by atoms with Crippen molar-refractivity contribution in [2.75, 3.05) is 7.11 Å². The minimum Gasteiger partial charge on any atom is -0.493 e. The van der Waals surface area contributed by atoms with Gasteiger partial charge in [0, 0.05) is 4.47 Å². The lowest BCUT2D eigenvalue weighted by Gasteiger charge is -2.13. The fourth-order valence-corrected chi connectivity index (χ4v) is 4.46. The van der Waals surface area contributed by atoms with Gasteiger partial charge in [-0.1, -0.05) is 52.3 Å². The van der Waals surface area contributed by atoms with Crippen LogP contribution in [-0.4, -0.2) is 23.2 Å². The minimum absolute atomic E-state index is 0.0535. The summed E-state index contributed by atoms with van der Waals surface area (Å²) in [5, 5.41) is 8.91. The zero-order valence-electron chi connectivity index (χ0n) is 18.2. The van der Waals surface area contributed by atoms with Gasteiger partial charge in [0.2, 0.25) is 0 Å². The zero-order chi connectivity index (χ0) is 24.1. The molecule has 170 valence electrons. The van der Waals surface area contributed by atoms with Gasteiger partial charge in [-0.25, -0.2) is 0 Å². The second-order valence-corrected chi connectivity index (χ2v) is 9.27. The highest BCUT2D eigenvalue weighted by atomic mass is 79.9. The van der Waals surface area contributed by atoms with Gasteiger partial charge in [-0.05, 0) is 64.9 Å². The first-order valence-electron chi connectivity index (χ1n) is 10.3. The average molecular weight is 535 g/mol. The number of imide groups is 1. The fraction of sp³-hybridized carbons (Fsp3) is 0.115. The minimum atomic E-state index is -0.391. The molecule has 8 heteroatoms. The van der Waals surface area contributed by atoms with Crippen molar-refractivity contribution in [3.05, 3.63) is 98.4 Å². The predicted octanol–water partition coefficient (Wildman–Crippen LogP) is 6.14. The van der Waals surface area contributed by atoms with Gasteiger partial charge in [-0.2, -0.15) is 5.26 Å². The summed E-state index contributed by atoms with van der Waals surface area (Å²) in [4.78, 5) is 26.9. The summed E-state index contributed by atoms with van der Waals surface area (Å²) in [5.74, 6) is 0.703. The van der Waals surface area contributed by atoms with Crippen molar-refractivity contribution in [1.82, 2.24) is 4.90 Å². The molecule has 0 atom stereocenters. The first-order chi connectivity index (χ1) is 16.5. The number of benzene rings is 3. The van der Waals surface area contributed by atoms with Gasteiger partial charge in [0.15, 0.2) is 11.5 Å². The van der Waals surface area contributed by atoms with Crippen molar-refractivity contribution in [1.29, 1.82) is 5.26 Å². The summed E-state index contributed by atoms with van der Waals surface area (Å²) in [7, 11) is 1.55. The fourth-order valence-electron chi connectivity index (χ4n) is 3.36. The number of amides is 2. The van der Waals surface area contributed by atoms with Crippen molar-refractivity contribution < 1.29 is 19.1 Å². The van der Waals surface area contributed by atoms with Gasteiger partial charge in [0.1, 0.15) is 6.61 Å². The van der Waals surface area contributed by atoms with Crippen LogP contribution >= 0.6 is 27.7 Å². The Kier molecular flexibility index (Phi) is 7.36. The third-order valence-electron chi connectivity index (χ3n) is 5.13. The van der Waals surface area contributed by atoms with Gasteiger partial charge in [-0.15, -0.1) is 0 Å². The quantitative estimate of drug-likeness (QED) is 0.338. The molecule has 0 N–H and O–H groups in total. The smallest absolute Gasteiger partial charge is 0.293 e. The number of thioether (sulfide) groups is 1. The Labute approximate surface area is 209 Å². The van der Waals surface area contributed by atoms with Crippen molar-refractivity contribution in [3.63, 3.8) is 0 Å². The highest BCUT2D eigenvalue weighted by Crippen LogP contribution is 2.35. The molecule has 3 aromatic rings. The van der Waals surface area contributed by atoms with Crippen LogP contribution in [0.15, 0.2) is 76.1 Å². The zero-order valence-corrected chi connectivity index (χ0v) is 20.6. The monoisotopic (exact) mass is 534 g/mol. The summed E-state index contributed by atoms with van der Waals surface area (Å²) >= 11 is 4.29. The van der Waals surface area contributed by atoms with Crippen LogP contribution in [0.3, 0.4) is 0 Å². The van der Waals surface area contributed by atoms with Gasteiger partial charge in [-0.3, -0.25) is 14.5 Å². The number of nitriles is 1. The summed E-state index contributed by atoms with van der Waals surface area (Å²) < 4.78 is 12.4. The van der Waals surface area contributed by atoms with Crippen LogP contribution in [0.4, 0.5) is 4.79 Å². The van der Waals surface area contributed by atoms with E-state index >= 15 is 0 Å². The number of hydrogen-bond acceptors (Lipinski definition) is 6. The lowest BCUT2D eigenvalue weighted by molar-refractivity contribution is -0.123. The largest absolute Gasteiger partial charge is 0.493 e. The molecule has 3 aromatic carbocycles. The topological polar surface area (TPSA) is 79.6 Å². The Balaban J connectivity index is 1.49. The van der Waals surface area contributed by atoms with E-state index in [9.17, 15) is 14.9 Å². The van der Waals surface area contributed by atoms with Gasteiger partial charge < -0.3 is 9.47 Å². The Morgan fingerprint density at radius 2 is 1.82 bits per heavy atom. The Hall–Kier alpha value is -3.54. The van der Waals surface area contributed by atoms with Crippen LogP contribution in [0.5, 0.6) is 11.5 Å². The molecule has 1 saturated heterocycles. The predicted molar refractivity (Wildman–Crippen MR) is 134 cm³/mol. The summed E-state index contributed by atoms with van der Waals surface area (Å²) in [6, 6.07) is 22.2. The molecular formula is C26H19BrN2O4S. The molecule has 0 unspecified atom stereocenters. The Bertz CT molecular complexity index is 1320. The molecule has 0 aromatic heterocycles. The molecule has 1 aliphatic heterocycles. The summed E-state index contributed by atoms with van der Waals surface area (Å²) in [6.07, 6.45) is 1.65. The molecule has 0 saturated carbocycles. The lowest BCUT2D eigenvalue weighted by Crippen LogP contribution is -2.27. The first kappa shape index (κ1) is 23.6. The number of halogens is 1. The molecule has 6 nitrogen and oxygen atoms in total. The number of nitrogens with zero attached hydrogens (tertiary/aromatic N) is 2. The van der Waals surface area contributed by atoms with Gasteiger partial charge in [0.25, 0.3) is 11.1 Å². The maximum absolute atomic E-state index is 12.9. The number of ether oxygens (including phenoxy) is 2. The highest BCUT2D eigenvalue weighted by Gasteiger charge is 2.35. The molecule has 0 radical (unpaired) electrons. The van der Waals surface area contributed by atoms with Crippen molar-refractivity contribution in [2.45, 2.75) is 13.2 Å². The van der Waals surface area contributed by atoms with Crippen molar-refractivity contribution in [3.8, 4) is 17.6 Å². The maximum atomic E-state index is 12.9. The van der Waals surface area contributed by atoms with Crippen LogP contribution in [0.1, 0.15) is 22.3 Å². The van der Waals surface area contributed by atoms with E-state index in [0.717, 1.165) is 26.7 Å². The summed E-state index contributed by atoms with van der Waals surface area (Å²) in [5.41, 5.74) is 2.79. The van der Waals surface area contributed by atoms with Gasteiger partial charge in [0.05, 0.1) is 30.2 Å². The molecule has 0 aliphatic carbocycles. The van der Waals surface area contributed by atoms with Crippen molar-refractivity contribution >= 4 is 44.9 Å². The second-order valence-electron chi connectivity index (χ2n) is 7.36. The number of rotatable bonds is 7. The van der Waals surface area contributed by atoms with Gasteiger partial charge >= 0.3 is 0 Å². The molecule has 0 bridgehead atoms. The molecule has 1 fully saturated rings. The summed E-state index contributed by atoms with van der Waals surface area (Å²) in [6.45, 7) is 0.434. The Morgan fingerprint density at radius 1 is 1.06 bits per heavy atom. The molecule has 4 rings (SSSR count). The number of carbonyl (C=O) groups is 2. The van der Waals surface area contributed by atoms with E-state index in [1.807, 2.05) is 24.3 Å². The van der Waals surface area contributed by atoms with Crippen LogP contribution in [0.25, 0.3) is 6.08 Å². The van der Waals surface area contributed by atoms with Crippen LogP contribution in [-0.2, 0) is 17.9 Å². The molecule has 2 amide bonds. The second kappa shape index (κ2) is 10.6. The number of methoxy groups -OCH3 is 1. The van der Waals surface area contributed by atoms with Crippen LogP contribution in [0, 0.1) is 11.3 Å². The van der Waals surface area contributed by atoms with E-state index in [2.05, 4.69) is 22.0 Å². The van der Waals surface area contributed by atoms with E-state index in [0.29, 0.717) is 39.7 Å². The molecule has 34 heavy (non-hydrogen) atoms. The van der Waals surface area contributed by atoms with Crippen molar-refractivity contribution in [2.24, 2.45) is 0 Å². The van der Waals surface area contributed by atoms with E-state index in [-0.39, 0.29) is 11.8 Å². The molecular weight excluding hydrogens is 516 g/mol. The standard InChI is InChI=1S/C26H19BrN2O4S/c1-32-23-12-18(8-11-22(23)33-16-17-6-9-21(27)10-7-17)13-24-25(30)29(26(31)34-24)15-20-5-3-2-4-19(20)14-28/h2-13H,15-16H2,1H3/b24-13-. The highest BCUT2D eigenvalue weighted by molar-refractivity contribution is 9.10. The van der Waals surface area contributed by atoms with E-state index < -0.39 is 5.91 Å². The van der Waals surface area contributed by atoms with Crippen LogP contribution < -0.4 is 9.47 Å². The number of carbonyl (C=O) groups excluding carboxylic acids is 2. The molecule has 1 aliphatic rings. The number of hydrogen-bond donors (Lipinski definition) is 0. The van der Waals surface area contributed by atoms with Crippen LogP contribution in [0.2, 0.25) is 0 Å². The SMILES string of the molecule is COc1cc(/C=C2\SC(=O)N(Cc3ccccc3C#N)C2=O)ccc1OCc1ccc(Br)cc1. The average Bonchev–Trinajstić information content (AvgIpc) is 3.11. The van der Waals surface area contributed by atoms with E-state index in [4.69, 9.17) is 9.47 Å².